The van der Waals surface area contributed by atoms with Crippen LogP contribution in [-0.2, 0) is 0 Å². The van der Waals surface area contributed by atoms with E-state index < -0.39 is 6.16 Å². The van der Waals surface area contributed by atoms with Crippen molar-refractivity contribution >= 4 is 6.16 Å². The highest BCUT2D eigenvalue weighted by Crippen LogP contribution is 2.38. The molecule has 1 N–H and O–H groups in total. The van der Waals surface area contributed by atoms with Crippen LogP contribution in [0.25, 0.3) is 0 Å². The summed E-state index contributed by atoms with van der Waals surface area (Å²) in [6.45, 7) is 2.27. The van der Waals surface area contributed by atoms with Gasteiger partial charge in [-0.05, 0) is 55.2 Å². The summed E-state index contributed by atoms with van der Waals surface area (Å²) in [5.41, 5.74) is 1.32. The SMILES string of the molecule is CCCCCCCC1CCC(c2ccc(OC(=O)O)cc2)CC1. The monoisotopic (exact) mass is 318 g/mol. The number of rotatable bonds is 8. The fraction of sp³-hybridized carbons (Fsp3) is 0.650. The van der Waals surface area contributed by atoms with Crippen LogP contribution in [0.2, 0.25) is 0 Å². The molecule has 0 heterocycles. The predicted molar refractivity (Wildman–Crippen MR) is 93.2 cm³/mol. The number of hydrogen-bond donors (Lipinski definition) is 1. The summed E-state index contributed by atoms with van der Waals surface area (Å²) < 4.78 is 4.66. The van der Waals surface area contributed by atoms with Crippen molar-refractivity contribution in [3.05, 3.63) is 29.8 Å². The van der Waals surface area contributed by atoms with Gasteiger partial charge in [0, 0.05) is 0 Å². The van der Waals surface area contributed by atoms with E-state index in [1.165, 1.54) is 69.8 Å². The lowest BCUT2D eigenvalue weighted by atomic mass is 9.77. The van der Waals surface area contributed by atoms with Gasteiger partial charge in [-0.2, -0.15) is 0 Å². The Kier molecular flexibility index (Phi) is 7.44. The predicted octanol–water partition coefficient (Wildman–Crippen LogP) is 6.38. The Morgan fingerprint density at radius 2 is 1.70 bits per heavy atom. The zero-order valence-corrected chi connectivity index (χ0v) is 14.3. The minimum absolute atomic E-state index is 0.405. The topological polar surface area (TPSA) is 46.5 Å². The third-order valence-corrected chi connectivity index (χ3v) is 5.12. The van der Waals surface area contributed by atoms with Crippen LogP contribution in [0.1, 0.15) is 82.6 Å². The average molecular weight is 318 g/mol. The summed E-state index contributed by atoms with van der Waals surface area (Å²) in [4.78, 5) is 10.5. The molecule has 0 radical (unpaired) electrons. The molecule has 0 saturated heterocycles. The van der Waals surface area contributed by atoms with E-state index in [0.717, 1.165) is 5.92 Å². The van der Waals surface area contributed by atoms with Crippen LogP contribution in [0.15, 0.2) is 24.3 Å². The fourth-order valence-corrected chi connectivity index (χ4v) is 3.73. The number of unbranched alkanes of at least 4 members (excludes halogenated alkanes) is 4. The summed E-state index contributed by atoms with van der Waals surface area (Å²) in [5, 5.41) is 8.61. The maximum Gasteiger partial charge on any atom is 0.511 e. The second kappa shape index (κ2) is 9.59. The molecular weight excluding hydrogens is 288 g/mol. The van der Waals surface area contributed by atoms with Gasteiger partial charge < -0.3 is 9.84 Å². The molecule has 1 aromatic carbocycles. The molecule has 0 bridgehead atoms. The van der Waals surface area contributed by atoms with Crippen LogP contribution in [0.4, 0.5) is 4.79 Å². The summed E-state index contributed by atoms with van der Waals surface area (Å²) in [6, 6.07) is 7.58. The molecule has 1 aliphatic carbocycles. The molecule has 0 aromatic heterocycles. The molecule has 0 aliphatic heterocycles. The van der Waals surface area contributed by atoms with Crippen molar-refractivity contribution in [2.75, 3.05) is 0 Å². The van der Waals surface area contributed by atoms with Crippen molar-refractivity contribution in [1.29, 1.82) is 0 Å². The maximum absolute atomic E-state index is 10.5. The molecule has 0 unspecified atom stereocenters. The molecule has 128 valence electrons. The molecule has 3 heteroatoms. The summed E-state index contributed by atoms with van der Waals surface area (Å²) in [6.07, 6.45) is 12.3. The lowest BCUT2D eigenvalue weighted by Crippen LogP contribution is -2.13. The van der Waals surface area contributed by atoms with Crippen LogP contribution in [0.3, 0.4) is 0 Å². The smallest absolute Gasteiger partial charge is 0.449 e. The van der Waals surface area contributed by atoms with Gasteiger partial charge in [0.05, 0.1) is 0 Å². The standard InChI is InChI=1S/C20H30O3/c1-2-3-4-5-6-7-16-8-10-17(11-9-16)18-12-14-19(15-13-18)23-20(21)22/h12-17H,2-11H2,1H3,(H,21,22). The highest BCUT2D eigenvalue weighted by Gasteiger charge is 2.22. The minimum Gasteiger partial charge on any atom is -0.449 e. The van der Waals surface area contributed by atoms with Gasteiger partial charge in [0.2, 0.25) is 0 Å². The van der Waals surface area contributed by atoms with Crippen LogP contribution in [0.5, 0.6) is 5.75 Å². The van der Waals surface area contributed by atoms with Gasteiger partial charge >= 0.3 is 6.16 Å². The average Bonchev–Trinajstić information content (AvgIpc) is 2.55. The Labute approximate surface area is 140 Å². The summed E-state index contributed by atoms with van der Waals surface area (Å²) >= 11 is 0. The third kappa shape index (κ3) is 6.25. The molecular formula is C20H30O3. The molecule has 0 spiro atoms. The molecule has 2 rings (SSSR count). The van der Waals surface area contributed by atoms with Crippen molar-refractivity contribution in [3.8, 4) is 5.75 Å². The maximum atomic E-state index is 10.5. The normalized spacial score (nSPS) is 21.1. The van der Waals surface area contributed by atoms with Gasteiger partial charge in [0.25, 0.3) is 0 Å². The highest BCUT2D eigenvalue weighted by molar-refractivity contribution is 5.61. The molecule has 0 atom stereocenters. The molecule has 1 aromatic rings. The Hall–Kier alpha value is -1.51. The largest absolute Gasteiger partial charge is 0.511 e. The second-order valence-electron chi connectivity index (χ2n) is 6.86. The molecule has 1 aliphatic rings. The van der Waals surface area contributed by atoms with E-state index in [1.54, 1.807) is 12.1 Å². The van der Waals surface area contributed by atoms with Crippen molar-refractivity contribution in [1.82, 2.24) is 0 Å². The van der Waals surface area contributed by atoms with Crippen molar-refractivity contribution in [3.63, 3.8) is 0 Å². The Bertz CT molecular complexity index is 458. The Morgan fingerprint density at radius 1 is 1.04 bits per heavy atom. The zero-order valence-electron chi connectivity index (χ0n) is 14.3. The van der Waals surface area contributed by atoms with Gasteiger partial charge in [-0.25, -0.2) is 4.79 Å². The lowest BCUT2D eigenvalue weighted by Gasteiger charge is -2.29. The molecule has 1 fully saturated rings. The van der Waals surface area contributed by atoms with E-state index in [1.807, 2.05) is 12.1 Å². The van der Waals surface area contributed by atoms with Gasteiger partial charge in [-0.3, -0.25) is 0 Å². The van der Waals surface area contributed by atoms with Crippen molar-refractivity contribution in [2.24, 2.45) is 5.92 Å². The summed E-state index contributed by atoms with van der Waals surface area (Å²) in [7, 11) is 0. The highest BCUT2D eigenvalue weighted by atomic mass is 16.7. The number of carbonyl (C=O) groups is 1. The Morgan fingerprint density at radius 3 is 2.30 bits per heavy atom. The molecule has 3 nitrogen and oxygen atoms in total. The van der Waals surface area contributed by atoms with Gasteiger partial charge in [-0.1, -0.05) is 57.6 Å². The van der Waals surface area contributed by atoms with E-state index in [2.05, 4.69) is 11.7 Å². The number of carboxylic acid groups (broad SMARTS) is 1. The second-order valence-corrected chi connectivity index (χ2v) is 6.86. The summed E-state index contributed by atoms with van der Waals surface area (Å²) in [5.74, 6) is 1.95. The lowest BCUT2D eigenvalue weighted by molar-refractivity contribution is 0.144. The van der Waals surface area contributed by atoms with E-state index in [0.29, 0.717) is 11.7 Å². The third-order valence-electron chi connectivity index (χ3n) is 5.12. The quantitative estimate of drug-likeness (QED) is 0.344. The first-order chi connectivity index (χ1) is 11.2. The minimum atomic E-state index is -1.25. The molecule has 1 saturated carbocycles. The number of ether oxygens (including phenoxy) is 1. The fourth-order valence-electron chi connectivity index (χ4n) is 3.73. The van der Waals surface area contributed by atoms with Gasteiger partial charge in [0.15, 0.2) is 0 Å². The van der Waals surface area contributed by atoms with Crippen LogP contribution in [-0.4, -0.2) is 11.3 Å². The van der Waals surface area contributed by atoms with E-state index in [4.69, 9.17) is 5.11 Å². The van der Waals surface area contributed by atoms with Crippen LogP contribution < -0.4 is 4.74 Å². The first-order valence-corrected chi connectivity index (χ1v) is 9.19. The van der Waals surface area contributed by atoms with Crippen LogP contribution in [0, 0.1) is 5.92 Å². The first-order valence-electron chi connectivity index (χ1n) is 9.19. The number of benzene rings is 1. The van der Waals surface area contributed by atoms with Gasteiger partial charge in [0.1, 0.15) is 5.75 Å². The Balaban J connectivity index is 1.70. The first kappa shape index (κ1) is 17.8. The van der Waals surface area contributed by atoms with Crippen LogP contribution >= 0.6 is 0 Å². The van der Waals surface area contributed by atoms with Crippen molar-refractivity contribution < 1.29 is 14.6 Å². The molecule has 23 heavy (non-hydrogen) atoms. The van der Waals surface area contributed by atoms with E-state index in [-0.39, 0.29) is 0 Å². The van der Waals surface area contributed by atoms with Crippen molar-refractivity contribution in [2.45, 2.75) is 77.0 Å². The van der Waals surface area contributed by atoms with E-state index >= 15 is 0 Å². The molecule has 0 amide bonds. The van der Waals surface area contributed by atoms with Gasteiger partial charge in [-0.15, -0.1) is 0 Å². The zero-order chi connectivity index (χ0) is 16.5. The number of hydrogen-bond acceptors (Lipinski definition) is 2. The van der Waals surface area contributed by atoms with E-state index in [9.17, 15) is 4.79 Å².